The Morgan fingerprint density at radius 2 is 2.13 bits per heavy atom. The van der Waals surface area contributed by atoms with Gasteiger partial charge in [-0.3, -0.25) is 9.59 Å². The van der Waals surface area contributed by atoms with Crippen LogP contribution >= 0.6 is 24.0 Å². The van der Waals surface area contributed by atoms with Crippen molar-refractivity contribution in [3.05, 3.63) is 34.9 Å². The van der Waals surface area contributed by atoms with E-state index in [1.165, 1.54) is 0 Å². The number of rotatable bonds is 5. The highest BCUT2D eigenvalue weighted by Crippen LogP contribution is 2.20. The zero-order chi connectivity index (χ0) is 15.9. The highest BCUT2D eigenvalue weighted by molar-refractivity contribution is 6.30. The summed E-state index contributed by atoms with van der Waals surface area (Å²) >= 11 is 5.96. The molecule has 1 aromatic rings. The molecule has 23 heavy (non-hydrogen) atoms. The number of piperidine rings is 1. The summed E-state index contributed by atoms with van der Waals surface area (Å²) in [5, 5.41) is 3.41. The molecule has 0 bridgehead atoms. The first kappa shape index (κ1) is 19.7. The molecule has 7 heteroatoms. The van der Waals surface area contributed by atoms with E-state index in [0.29, 0.717) is 36.6 Å². The Kier molecular flexibility index (Phi) is 8.37. The number of halogens is 2. The third-order valence-corrected chi connectivity index (χ3v) is 4.10. The number of nitrogens with two attached hydrogens (primary N) is 1. The van der Waals surface area contributed by atoms with Crippen LogP contribution in [0.3, 0.4) is 0 Å². The molecule has 1 aliphatic heterocycles. The number of nitrogens with zero attached hydrogens (tertiary/aromatic N) is 1. The van der Waals surface area contributed by atoms with Crippen LogP contribution in [0.1, 0.15) is 36.0 Å². The van der Waals surface area contributed by atoms with E-state index in [-0.39, 0.29) is 30.3 Å². The van der Waals surface area contributed by atoms with E-state index in [0.717, 1.165) is 19.3 Å². The zero-order valence-corrected chi connectivity index (χ0v) is 14.5. The molecule has 0 spiro atoms. The van der Waals surface area contributed by atoms with Crippen molar-refractivity contribution in [1.29, 1.82) is 0 Å². The predicted octanol–water partition coefficient (Wildman–Crippen LogP) is 2.22. The van der Waals surface area contributed by atoms with E-state index < -0.39 is 0 Å². The minimum atomic E-state index is -0.0665. The number of amides is 2. The molecule has 1 fully saturated rings. The molecule has 2 amide bonds. The maximum atomic E-state index is 12.7. The summed E-state index contributed by atoms with van der Waals surface area (Å²) in [6.07, 6.45) is 3.26. The van der Waals surface area contributed by atoms with Gasteiger partial charge in [-0.15, -0.1) is 12.4 Å². The van der Waals surface area contributed by atoms with Gasteiger partial charge in [0.2, 0.25) is 5.91 Å². The van der Waals surface area contributed by atoms with Crippen LogP contribution in [-0.4, -0.2) is 42.4 Å². The highest BCUT2D eigenvalue weighted by Gasteiger charge is 2.27. The lowest BCUT2D eigenvalue weighted by Crippen LogP contribution is -2.49. The molecule has 0 saturated carbocycles. The number of nitrogens with one attached hydrogen (secondary N) is 1. The van der Waals surface area contributed by atoms with Crippen molar-refractivity contribution in [2.75, 3.05) is 19.6 Å². The first-order chi connectivity index (χ1) is 10.6. The second-order valence-electron chi connectivity index (χ2n) is 5.50. The minimum Gasteiger partial charge on any atom is -0.354 e. The van der Waals surface area contributed by atoms with Crippen LogP contribution in [-0.2, 0) is 4.79 Å². The van der Waals surface area contributed by atoms with Gasteiger partial charge >= 0.3 is 0 Å². The first-order valence-electron chi connectivity index (χ1n) is 7.65. The Hall–Kier alpha value is -1.30. The molecular formula is C16H23Cl2N3O2. The van der Waals surface area contributed by atoms with Gasteiger partial charge in [-0.2, -0.15) is 0 Å². The van der Waals surface area contributed by atoms with Gasteiger partial charge in [0, 0.05) is 42.7 Å². The predicted molar refractivity (Wildman–Crippen MR) is 94.1 cm³/mol. The lowest BCUT2D eigenvalue weighted by atomic mass is 10.0. The van der Waals surface area contributed by atoms with Gasteiger partial charge in [0.15, 0.2) is 0 Å². The Morgan fingerprint density at radius 1 is 1.35 bits per heavy atom. The lowest BCUT2D eigenvalue weighted by molar-refractivity contribution is -0.121. The van der Waals surface area contributed by atoms with E-state index in [2.05, 4.69) is 5.32 Å². The second-order valence-corrected chi connectivity index (χ2v) is 5.94. The van der Waals surface area contributed by atoms with Crippen LogP contribution in [0.2, 0.25) is 5.02 Å². The van der Waals surface area contributed by atoms with Crippen LogP contribution in [0.4, 0.5) is 0 Å². The molecular weight excluding hydrogens is 337 g/mol. The van der Waals surface area contributed by atoms with E-state index in [4.69, 9.17) is 17.3 Å². The van der Waals surface area contributed by atoms with E-state index in [1.54, 1.807) is 24.3 Å². The largest absolute Gasteiger partial charge is 0.354 e. The quantitative estimate of drug-likeness (QED) is 0.846. The first-order valence-corrected chi connectivity index (χ1v) is 8.03. The summed E-state index contributed by atoms with van der Waals surface area (Å²) in [5.74, 6) is -0.0940. The Balaban J connectivity index is 0.00000264. The van der Waals surface area contributed by atoms with Crippen molar-refractivity contribution >= 4 is 35.8 Å². The molecule has 1 atom stereocenters. The number of hydrogen-bond acceptors (Lipinski definition) is 3. The fourth-order valence-corrected chi connectivity index (χ4v) is 2.91. The van der Waals surface area contributed by atoms with Gasteiger partial charge in [0.1, 0.15) is 0 Å². The third kappa shape index (κ3) is 5.68. The van der Waals surface area contributed by atoms with Gasteiger partial charge < -0.3 is 16.0 Å². The minimum absolute atomic E-state index is 0. The van der Waals surface area contributed by atoms with Crippen LogP contribution < -0.4 is 11.1 Å². The number of carbonyl (C=O) groups excluding carboxylic acids is 2. The van der Waals surface area contributed by atoms with Gasteiger partial charge in [-0.05, 0) is 37.5 Å². The average Bonchev–Trinajstić information content (AvgIpc) is 2.53. The number of likely N-dealkylation sites (tertiary alicyclic amines) is 1. The fourth-order valence-electron chi connectivity index (χ4n) is 2.72. The molecule has 3 N–H and O–H groups in total. The molecule has 0 aromatic heterocycles. The summed E-state index contributed by atoms with van der Waals surface area (Å²) < 4.78 is 0. The molecule has 1 heterocycles. The van der Waals surface area contributed by atoms with Crippen LogP contribution in [0.25, 0.3) is 0 Å². The molecule has 128 valence electrons. The lowest BCUT2D eigenvalue weighted by Gasteiger charge is -2.36. The van der Waals surface area contributed by atoms with Gasteiger partial charge in [0.25, 0.3) is 5.91 Å². The second kappa shape index (κ2) is 9.75. The Morgan fingerprint density at radius 3 is 2.83 bits per heavy atom. The highest BCUT2D eigenvalue weighted by atomic mass is 35.5. The molecule has 5 nitrogen and oxygen atoms in total. The molecule has 0 radical (unpaired) electrons. The van der Waals surface area contributed by atoms with Gasteiger partial charge in [-0.25, -0.2) is 0 Å². The Bertz CT molecular complexity index is 540. The Labute approximate surface area is 148 Å². The van der Waals surface area contributed by atoms with Gasteiger partial charge in [-0.1, -0.05) is 17.7 Å². The SMILES string of the molecule is Cl.NCCC(=O)NCC1CCCCN1C(=O)c1cccc(Cl)c1. The summed E-state index contributed by atoms with van der Waals surface area (Å²) in [7, 11) is 0. The topological polar surface area (TPSA) is 75.4 Å². The zero-order valence-electron chi connectivity index (χ0n) is 13.0. The monoisotopic (exact) mass is 359 g/mol. The normalized spacial score (nSPS) is 17.3. The number of hydrogen-bond donors (Lipinski definition) is 2. The fraction of sp³-hybridized carbons (Fsp3) is 0.500. The molecule has 1 aliphatic rings. The van der Waals surface area contributed by atoms with E-state index in [1.807, 2.05) is 4.90 Å². The molecule has 1 saturated heterocycles. The smallest absolute Gasteiger partial charge is 0.254 e. The van der Waals surface area contributed by atoms with Crippen LogP contribution in [0.5, 0.6) is 0 Å². The van der Waals surface area contributed by atoms with Crippen LogP contribution in [0.15, 0.2) is 24.3 Å². The molecule has 2 rings (SSSR count). The van der Waals surface area contributed by atoms with Crippen molar-refractivity contribution in [2.45, 2.75) is 31.7 Å². The van der Waals surface area contributed by atoms with E-state index in [9.17, 15) is 9.59 Å². The summed E-state index contributed by atoms with van der Waals surface area (Å²) in [5.41, 5.74) is 5.96. The average molecular weight is 360 g/mol. The maximum Gasteiger partial charge on any atom is 0.254 e. The van der Waals surface area contributed by atoms with Crippen molar-refractivity contribution < 1.29 is 9.59 Å². The maximum absolute atomic E-state index is 12.7. The standard InChI is InChI=1S/C16H22ClN3O2.ClH/c17-13-5-3-4-12(10-13)16(22)20-9-2-1-6-14(20)11-19-15(21)7-8-18;/h3-5,10,14H,1-2,6-9,11,18H2,(H,19,21);1H. The van der Waals surface area contributed by atoms with Crippen molar-refractivity contribution in [3.63, 3.8) is 0 Å². The van der Waals surface area contributed by atoms with E-state index >= 15 is 0 Å². The summed E-state index contributed by atoms with van der Waals surface area (Å²) in [6, 6.07) is 7.01. The number of carbonyl (C=O) groups is 2. The number of benzene rings is 1. The van der Waals surface area contributed by atoms with Crippen molar-refractivity contribution in [3.8, 4) is 0 Å². The van der Waals surface area contributed by atoms with Crippen molar-refractivity contribution in [2.24, 2.45) is 5.73 Å². The molecule has 1 aromatic carbocycles. The summed E-state index contributed by atoms with van der Waals surface area (Å²) in [6.45, 7) is 1.52. The van der Waals surface area contributed by atoms with Crippen LogP contribution in [0, 0.1) is 0 Å². The van der Waals surface area contributed by atoms with Gasteiger partial charge in [0.05, 0.1) is 0 Å². The summed E-state index contributed by atoms with van der Waals surface area (Å²) in [4.78, 5) is 26.1. The molecule has 0 aliphatic carbocycles. The van der Waals surface area contributed by atoms with Crippen molar-refractivity contribution in [1.82, 2.24) is 10.2 Å². The molecule has 1 unspecified atom stereocenters. The third-order valence-electron chi connectivity index (χ3n) is 3.87.